The summed E-state index contributed by atoms with van der Waals surface area (Å²) in [4.78, 5) is 14.8. The molecule has 5 nitrogen and oxygen atoms in total. The van der Waals surface area contributed by atoms with Crippen LogP contribution >= 0.6 is 0 Å². The number of aromatic nitrogens is 2. The molecule has 0 aliphatic rings. The van der Waals surface area contributed by atoms with Gasteiger partial charge in [-0.25, -0.2) is 4.68 Å². The summed E-state index contributed by atoms with van der Waals surface area (Å²) in [6.45, 7) is 4.08. The largest absolute Gasteiger partial charge is 0.378 e. The van der Waals surface area contributed by atoms with Crippen molar-refractivity contribution in [3.8, 4) is 5.69 Å². The number of carbonyl (C=O) groups excluding carboxylic acids is 1. The maximum absolute atomic E-state index is 12.7. The molecule has 3 rings (SSSR count). The summed E-state index contributed by atoms with van der Waals surface area (Å²) in [5, 5.41) is 7.40. The van der Waals surface area contributed by atoms with Gasteiger partial charge in [0.25, 0.3) is 5.91 Å². The number of amides is 1. The molecule has 1 heterocycles. The van der Waals surface area contributed by atoms with Crippen molar-refractivity contribution in [2.45, 2.75) is 20.3 Å². The van der Waals surface area contributed by atoms with Gasteiger partial charge in [-0.3, -0.25) is 4.79 Å². The first-order valence-electron chi connectivity index (χ1n) is 8.72. The van der Waals surface area contributed by atoms with Gasteiger partial charge >= 0.3 is 0 Å². The molecule has 1 N–H and O–H groups in total. The zero-order valence-corrected chi connectivity index (χ0v) is 15.7. The summed E-state index contributed by atoms with van der Waals surface area (Å²) in [6.07, 6.45) is 2.36. The lowest BCUT2D eigenvalue weighted by Crippen LogP contribution is -2.14. The fraction of sp³-hybridized carbons (Fsp3) is 0.238. The Morgan fingerprint density at radius 3 is 2.31 bits per heavy atom. The van der Waals surface area contributed by atoms with Gasteiger partial charge in [0.15, 0.2) is 0 Å². The molecular formula is C21H24N4O. The first kappa shape index (κ1) is 17.7. The lowest BCUT2D eigenvalue weighted by Gasteiger charge is -2.13. The number of rotatable bonds is 5. The van der Waals surface area contributed by atoms with Crippen molar-refractivity contribution >= 4 is 17.3 Å². The Morgan fingerprint density at radius 1 is 1.08 bits per heavy atom. The van der Waals surface area contributed by atoms with E-state index in [1.54, 1.807) is 6.20 Å². The number of anilines is 2. The van der Waals surface area contributed by atoms with Crippen molar-refractivity contribution in [2.24, 2.45) is 0 Å². The average molecular weight is 348 g/mol. The minimum Gasteiger partial charge on any atom is -0.378 e. The Kier molecular flexibility index (Phi) is 5.07. The molecule has 2 aromatic carbocycles. The van der Waals surface area contributed by atoms with Crippen molar-refractivity contribution in [3.05, 3.63) is 71.5 Å². The third kappa shape index (κ3) is 3.61. The topological polar surface area (TPSA) is 50.2 Å². The van der Waals surface area contributed by atoms with Crippen molar-refractivity contribution in [1.29, 1.82) is 0 Å². The van der Waals surface area contributed by atoms with Gasteiger partial charge < -0.3 is 10.2 Å². The van der Waals surface area contributed by atoms with Crippen LogP contribution in [-0.4, -0.2) is 29.8 Å². The van der Waals surface area contributed by atoms with E-state index in [1.165, 1.54) is 5.56 Å². The molecule has 0 fully saturated rings. The van der Waals surface area contributed by atoms with Gasteiger partial charge in [-0.05, 0) is 49.7 Å². The molecule has 0 saturated heterocycles. The highest BCUT2D eigenvalue weighted by molar-refractivity contribution is 6.05. The van der Waals surface area contributed by atoms with E-state index in [0.29, 0.717) is 5.56 Å². The van der Waals surface area contributed by atoms with Gasteiger partial charge in [0, 0.05) is 25.5 Å². The SMILES string of the molecule is CCc1c(C(=O)Nc2ccc(N(C)C)cc2)cnn1-c1ccc(C)cc1. The van der Waals surface area contributed by atoms with Crippen LogP contribution in [-0.2, 0) is 6.42 Å². The number of hydrogen-bond acceptors (Lipinski definition) is 3. The van der Waals surface area contributed by atoms with E-state index in [2.05, 4.69) is 10.4 Å². The maximum Gasteiger partial charge on any atom is 0.259 e. The van der Waals surface area contributed by atoms with Crippen molar-refractivity contribution in [1.82, 2.24) is 9.78 Å². The van der Waals surface area contributed by atoms with E-state index < -0.39 is 0 Å². The summed E-state index contributed by atoms with van der Waals surface area (Å²) in [7, 11) is 3.97. The molecule has 1 aromatic heterocycles. The van der Waals surface area contributed by atoms with Crippen LogP contribution in [0.2, 0.25) is 0 Å². The highest BCUT2D eigenvalue weighted by Gasteiger charge is 2.17. The Labute approximate surface area is 154 Å². The van der Waals surface area contributed by atoms with Crippen LogP contribution < -0.4 is 10.2 Å². The molecule has 0 spiro atoms. The van der Waals surface area contributed by atoms with Crippen LogP contribution in [0, 0.1) is 6.92 Å². The predicted molar refractivity (Wildman–Crippen MR) is 106 cm³/mol. The average Bonchev–Trinajstić information content (AvgIpc) is 3.07. The van der Waals surface area contributed by atoms with E-state index >= 15 is 0 Å². The van der Waals surface area contributed by atoms with Crippen LogP contribution in [0.15, 0.2) is 54.7 Å². The highest BCUT2D eigenvalue weighted by Crippen LogP contribution is 2.20. The van der Waals surface area contributed by atoms with Gasteiger partial charge in [-0.1, -0.05) is 24.6 Å². The predicted octanol–water partition coefficient (Wildman–Crippen LogP) is 4.06. The first-order valence-corrected chi connectivity index (χ1v) is 8.72. The molecule has 134 valence electrons. The normalized spacial score (nSPS) is 10.6. The zero-order valence-electron chi connectivity index (χ0n) is 15.7. The number of hydrogen-bond donors (Lipinski definition) is 1. The number of benzene rings is 2. The molecule has 0 unspecified atom stereocenters. The molecule has 1 amide bonds. The molecule has 0 saturated carbocycles. The van der Waals surface area contributed by atoms with Gasteiger partial charge in [0.2, 0.25) is 0 Å². The molecule has 26 heavy (non-hydrogen) atoms. The second kappa shape index (κ2) is 7.44. The highest BCUT2D eigenvalue weighted by atomic mass is 16.1. The van der Waals surface area contributed by atoms with Gasteiger partial charge in [-0.2, -0.15) is 5.10 Å². The minimum absolute atomic E-state index is 0.141. The Morgan fingerprint density at radius 2 is 1.73 bits per heavy atom. The van der Waals surface area contributed by atoms with Gasteiger partial charge in [-0.15, -0.1) is 0 Å². The summed E-state index contributed by atoms with van der Waals surface area (Å²) in [6, 6.07) is 15.9. The van der Waals surface area contributed by atoms with Crippen molar-refractivity contribution in [3.63, 3.8) is 0 Å². The zero-order chi connectivity index (χ0) is 18.7. The van der Waals surface area contributed by atoms with Crippen molar-refractivity contribution < 1.29 is 4.79 Å². The quantitative estimate of drug-likeness (QED) is 0.756. The molecule has 0 atom stereocenters. The number of aryl methyl sites for hydroxylation is 1. The van der Waals surface area contributed by atoms with Crippen LogP contribution in [0.3, 0.4) is 0 Å². The van der Waals surface area contributed by atoms with E-state index in [9.17, 15) is 4.79 Å². The van der Waals surface area contributed by atoms with Gasteiger partial charge in [0.05, 0.1) is 23.1 Å². The molecule has 3 aromatic rings. The lowest BCUT2D eigenvalue weighted by molar-refractivity contribution is 0.102. The Bertz CT molecular complexity index is 893. The summed E-state index contributed by atoms with van der Waals surface area (Å²) in [5.74, 6) is -0.141. The van der Waals surface area contributed by atoms with E-state index in [1.807, 2.05) is 86.1 Å². The van der Waals surface area contributed by atoms with Crippen LogP contribution in [0.1, 0.15) is 28.5 Å². The van der Waals surface area contributed by atoms with Crippen LogP contribution in [0.25, 0.3) is 5.69 Å². The number of nitrogens with zero attached hydrogens (tertiary/aromatic N) is 3. The smallest absolute Gasteiger partial charge is 0.259 e. The van der Waals surface area contributed by atoms with Crippen LogP contribution in [0.4, 0.5) is 11.4 Å². The first-order chi connectivity index (χ1) is 12.5. The molecular weight excluding hydrogens is 324 g/mol. The number of nitrogens with one attached hydrogen (secondary N) is 1. The van der Waals surface area contributed by atoms with E-state index in [-0.39, 0.29) is 5.91 Å². The number of carbonyl (C=O) groups is 1. The molecule has 0 aliphatic heterocycles. The monoisotopic (exact) mass is 348 g/mol. The Balaban J connectivity index is 1.84. The van der Waals surface area contributed by atoms with Crippen LogP contribution in [0.5, 0.6) is 0 Å². The maximum atomic E-state index is 12.7. The molecule has 0 aliphatic carbocycles. The van der Waals surface area contributed by atoms with Gasteiger partial charge in [0.1, 0.15) is 0 Å². The standard InChI is InChI=1S/C21H24N4O/c1-5-20-19(14-22-25(20)18-10-6-15(2)7-11-18)21(26)23-16-8-12-17(13-9-16)24(3)4/h6-14H,5H2,1-4H3,(H,23,26). The summed E-state index contributed by atoms with van der Waals surface area (Å²) < 4.78 is 1.84. The fourth-order valence-electron chi connectivity index (χ4n) is 2.85. The van der Waals surface area contributed by atoms with E-state index in [0.717, 1.165) is 29.2 Å². The lowest BCUT2D eigenvalue weighted by atomic mass is 10.1. The third-order valence-electron chi connectivity index (χ3n) is 4.37. The fourth-order valence-corrected chi connectivity index (χ4v) is 2.85. The second-order valence-electron chi connectivity index (χ2n) is 6.50. The Hall–Kier alpha value is -3.08. The summed E-state index contributed by atoms with van der Waals surface area (Å²) >= 11 is 0. The van der Waals surface area contributed by atoms with Crippen molar-refractivity contribution in [2.75, 3.05) is 24.3 Å². The van der Waals surface area contributed by atoms with E-state index in [4.69, 9.17) is 0 Å². The minimum atomic E-state index is -0.141. The molecule has 0 radical (unpaired) electrons. The third-order valence-corrected chi connectivity index (χ3v) is 4.37. The second-order valence-corrected chi connectivity index (χ2v) is 6.50. The molecule has 5 heteroatoms. The molecule has 0 bridgehead atoms. The summed E-state index contributed by atoms with van der Waals surface area (Å²) in [5.41, 5.74) is 5.51.